The Morgan fingerprint density at radius 1 is 1.37 bits per heavy atom. The topological polar surface area (TPSA) is 55.4 Å². The molecule has 0 radical (unpaired) electrons. The van der Waals surface area contributed by atoms with Crippen molar-refractivity contribution < 1.29 is 14.3 Å². The first-order chi connectivity index (χ1) is 9.19. The molecule has 19 heavy (non-hydrogen) atoms. The number of thioether (sulfide) groups is 1. The Hall–Kier alpha value is -1.75. The van der Waals surface area contributed by atoms with Crippen molar-refractivity contribution in [2.45, 2.75) is 6.92 Å². The number of para-hydroxylation sites is 1. The number of ether oxygens (including phenoxy) is 1. The number of hydrogen-bond acceptors (Lipinski definition) is 5. The van der Waals surface area contributed by atoms with Crippen LogP contribution in [0.2, 0.25) is 0 Å². The van der Waals surface area contributed by atoms with E-state index in [2.05, 4.69) is 5.32 Å². The first-order valence-electron chi connectivity index (χ1n) is 5.92. The summed E-state index contributed by atoms with van der Waals surface area (Å²) >= 11 is 1.13. The highest BCUT2D eigenvalue weighted by Gasteiger charge is 2.11. The van der Waals surface area contributed by atoms with E-state index < -0.39 is 0 Å². The lowest BCUT2D eigenvalue weighted by Gasteiger charge is -2.08. The summed E-state index contributed by atoms with van der Waals surface area (Å²) in [5.41, 5.74) is 1.22. The molecule has 0 spiro atoms. The van der Waals surface area contributed by atoms with Gasteiger partial charge in [-0.05, 0) is 25.1 Å². The van der Waals surface area contributed by atoms with Crippen molar-refractivity contribution in [3.63, 3.8) is 0 Å². The molecule has 0 saturated heterocycles. The minimum atomic E-state index is -0.385. The number of esters is 1. The summed E-state index contributed by atoms with van der Waals surface area (Å²) in [5.74, 6) is 0.0698. The average molecular weight is 279 g/mol. The maximum Gasteiger partial charge on any atom is 0.340 e. The van der Waals surface area contributed by atoms with Gasteiger partial charge >= 0.3 is 5.97 Å². The van der Waals surface area contributed by atoms with Crippen LogP contribution >= 0.6 is 11.8 Å². The van der Waals surface area contributed by atoms with Crippen LogP contribution in [0.1, 0.15) is 17.3 Å². The van der Waals surface area contributed by atoms with E-state index in [1.54, 1.807) is 38.2 Å². The quantitative estimate of drug-likeness (QED) is 0.493. The second-order valence-corrected chi connectivity index (χ2v) is 4.70. The van der Waals surface area contributed by atoms with Crippen molar-refractivity contribution in [3.8, 4) is 0 Å². The molecule has 1 N–H and O–H groups in total. The summed E-state index contributed by atoms with van der Waals surface area (Å²) in [6.45, 7) is 2.00. The number of carbonyl (C=O) groups is 2. The van der Waals surface area contributed by atoms with Crippen molar-refractivity contribution in [1.29, 1.82) is 0 Å². The lowest BCUT2D eigenvalue weighted by Crippen LogP contribution is -2.10. The number of carbonyl (C=O) groups excluding carboxylic acids is 2. The Kier molecular flexibility index (Phi) is 6.74. The van der Waals surface area contributed by atoms with Gasteiger partial charge in [0.05, 0.1) is 5.56 Å². The Morgan fingerprint density at radius 3 is 2.79 bits per heavy atom. The van der Waals surface area contributed by atoms with Gasteiger partial charge in [0.1, 0.15) is 6.61 Å². The maximum atomic E-state index is 11.8. The average Bonchev–Trinajstić information content (AvgIpc) is 2.43. The van der Waals surface area contributed by atoms with Gasteiger partial charge < -0.3 is 10.1 Å². The number of anilines is 1. The van der Waals surface area contributed by atoms with Gasteiger partial charge in [-0.25, -0.2) is 4.79 Å². The molecule has 0 fully saturated rings. The Balaban J connectivity index is 2.41. The van der Waals surface area contributed by atoms with Crippen molar-refractivity contribution in [2.24, 2.45) is 0 Å². The molecule has 0 aliphatic heterocycles. The van der Waals surface area contributed by atoms with E-state index in [-0.39, 0.29) is 17.7 Å². The summed E-state index contributed by atoms with van der Waals surface area (Å²) < 4.78 is 5.12. The molecule has 1 aromatic rings. The first-order valence-corrected chi connectivity index (χ1v) is 6.91. The molecular weight excluding hydrogens is 262 g/mol. The number of benzene rings is 1. The molecule has 1 aromatic carbocycles. The highest BCUT2D eigenvalue weighted by Crippen LogP contribution is 2.15. The summed E-state index contributed by atoms with van der Waals surface area (Å²) in [5, 5.41) is 2.90. The highest BCUT2D eigenvalue weighted by molar-refractivity contribution is 8.14. The molecule has 0 bridgehead atoms. The molecule has 0 heterocycles. The van der Waals surface area contributed by atoms with Gasteiger partial charge in [-0.1, -0.05) is 30.0 Å². The monoisotopic (exact) mass is 279 g/mol. The lowest BCUT2D eigenvalue weighted by molar-refractivity contribution is -0.107. The number of nitrogens with one attached hydrogen (secondary N) is 1. The predicted octanol–water partition coefficient (Wildman–Crippen LogP) is 2.72. The molecule has 0 aliphatic carbocycles. The smallest absolute Gasteiger partial charge is 0.340 e. The van der Waals surface area contributed by atoms with Crippen LogP contribution in [-0.2, 0) is 9.53 Å². The molecule has 0 aliphatic rings. The molecule has 0 aromatic heterocycles. The summed E-state index contributed by atoms with van der Waals surface area (Å²) in [6, 6.07) is 7.13. The third-order valence-corrected chi connectivity index (χ3v) is 3.07. The van der Waals surface area contributed by atoms with Crippen LogP contribution in [0.4, 0.5) is 5.69 Å². The SMILES string of the molecule is C/C=C/C(=O)SCCOC(=O)c1ccccc1NC. The van der Waals surface area contributed by atoms with Gasteiger partial charge in [-0.15, -0.1) is 0 Å². The molecule has 4 nitrogen and oxygen atoms in total. The third-order valence-electron chi connectivity index (χ3n) is 2.28. The minimum Gasteiger partial charge on any atom is -0.461 e. The fraction of sp³-hybridized carbons (Fsp3) is 0.286. The van der Waals surface area contributed by atoms with Crippen LogP contribution in [0.15, 0.2) is 36.4 Å². The fourth-order valence-electron chi connectivity index (χ4n) is 1.42. The normalized spacial score (nSPS) is 10.4. The molecule has 1 rings (SSSR count). The standard InChI is InChI=1S/C14H17NO3S/c1-3-6-13(16)19-10-9-18-14(17)11-7-4-5-8-12(11)15-2/h3-8,15H,9-10H2,1-2H3/b6-3+. The summed E-state index contributed by atoms with van der Waals surface area (Å²) in [4.78, 5) is 23.0. The first kappa shape index (κ1) is 15.3. The van der Waals surface area contributed by atoms with Crippen LogP contribution in [0.25, 0.3) is 0 Å². The summed E-state index contributed by atoms with van der Waals surface area (Å²) in [7, 11) is 1.75. The molecule has 0 saturated carbocycles. The van der Waals surface area contributed by atoms with Gasteiger partial charge in [0, 0.05) is 18.5 Å². The zero-order valence-electron chi connectivity index (χ0n) is 11.0. The Labute approximate surface area is 117 Å². The second kappa shape index (κ2) is 8.37. The van der Waals surface area contributed by atoms with Crippen LogP contribution in [-0.4, -0.2) is 30.5 Å². The van der Waals surface area contributed by atoms with E-state index >= 15 is 0 Å². The van der Waals surface area contributed by atoms with Crippen molar-refractivity contribution in [1.82, 2.24) is 0 Å². The third kappa shape index (κ3) is 5.18. The van der Waals surface area contributed by atoms with Gasteiger partial charge in [0.25, 0.3) is 0 Å². The van der Waals surface area contributed by atoms with Crippen LogP contribution in [0, 0.1) is 0 Å². The second-order valence-electron chi connectivity index (χ2n) is 3.60. The van der Waals surface area contributed by atoms with E-state index in [9.17, 15) is 9.59 Å². The predicted molar refractivity (Wildman–Crippen MR) is 78.6 cm³/mol. The molecule has 5 heteroatoms. The van der Waals surface area contributed by atoms with Gasteiger partial charge in [0.2, 0.25) is 5.12 Å². The fourth-order valence-corrected chi connectivity index (χ4v) is 2.02. The highest BCUT2D eigenvalue weighted by atomic mass is 32.2. The lowest BCUT2D eigenvalue weighted by atomic mass is 10.2. The molecular formula is C14H17NO3S. The minimum absolute atomic E-state index is 0.0332. The van der Waals surface area contributed by atoms with E-state index in [1.165, 1.54) is 6.08 Å². The Bertz CT molecular complexity index is 472. The molecule has 0 unspecified atom stereocenters. The van der Waals surface area contributed by atoms with E-state index in [0.717, 1.165) is 17.4 Å². The van der Waals surface area contributed by atoms with E-state index in [1.807, 2.05) is 6.07 Å². The molecule has 0 atom stereocenters. The van der Waals surface area contributed by atoms with Crippen LogP contribution < -0.4 is 5.32 Å². The van der Waals surface area contributed by atoms with Gasteiger partial charge in [-0.2, -0.15) is 0 Å². The maximum absolute atomic E-state index is 11.8. The van der Waals surface area contributed by atoms with Gasteiger partial charge in [-0.3, -0.25) is 4.79 Å². The van der Waals surface area contributed by atoms with E-state index in [4.69, 9.17) is 4.74 Å². The van der Waals surface area contributed by atoms with Gasteiger partial charge in [0.15, 0.2) is 0 Å². The summed E-state index contributed by atoms with van der Waals surface area (Å²) in [6.07, 6.45) is 3.17. The molecule has 0 amide bonds. The van der Waals surface area contributed by atoms with Crippen LogP contribution in [0.3, 0.4) is 0 Å². The van der Waals surface area contributed by atoms with Crippen molar-refractivity contribution in [3.05, 3.63) is 42.0 Å². The zero-order valence-corrected chi connectivity index (χ0v) is 11.8. The largest absolute Gasteiger partial charge is 0.461 e. The zero-order chi connectivity index (χ0) is 14.1. The van der Waals surface area contributed by atoms with Crippen LogP contribution in [0.5, 0.6) is 0 Å². The Morgan fingerprint density at radius 2 is 2.11 bits per heavy atom. The van der Waals surface area contributed by atoms with E-state index in [0.29, 0.717) is 11.3 Å². The number of hydrogen-bond donors (Lipinski definition) is 1. The van der Waals surface area contributed by atoms with Crippen molar-refractivity contribution >= 4 is 28.5 Å². The number of allylic oxidation sites excluding steroid dienone is 1. The number of rotatable bonds is 6. The molecule has 102 valence electrons. The van der Waals surface area contributed by atoms with Crippen molar-refractivity contribution in [2.75, 3.05) is 24.7 Å².